The van der Waals surface area contributed by atoms with Crippen LogP contribution in [0.15, 0.2) is 45.7 Å². The quantitative estimate of drug-likeness (QED) is 0.776. The Morgan fingerprint density at radius 3 is 3.00 bits per heavy atom. The predicted molar refractivity (Wildman–Crippen MR) is 78.1 cm³/mol. The molecule has 0 aliphatic rings. The van der Waals surface area contributed by atoms with Crippen molar-refractivity contribution >= 4 is 28.3 Å². The Balaban J connectivity index is 1.90. The molecule has 0 saturated carbocycles. The van der Waals surface area contributed by atoms with Crippen LogP contribution in [-0.2, 0) is 0 Å². The molecule has 0 aliphatic heterocycles. The fraction of sp³-hybridized carbons (Fsp3) is 0.143. The summed E-state index contributed by atoms with van der Waals surface area (Å²) in [6.45, 7) is 1.93. The zero-order chi connectivity index (χ0) is 14.1. The minimum absolute atomic E-state index is 0.0861. The molecule has 2 heterocycles. The van der Waals surface area contributed by atoms with Gasteiger partial charge in [-0.15, -0.1) is 0 Å². The average Bonchev–Trinajstić information content (AvgIpc) is 2.88. The number of hydrogen-bond donors (Lipinski definition) is 2. The van der Waals surface area contributed by atoms with Crippen molar-refractivity contribution in [1.82, 2.24) is 10.2 Å². The molecule has 0 amide bonds. The van der Waals surface area contributed by atoms with Crippen LogP contribution in [-0.4, -0.2) is 10.2 Å². The van der Waals surface area contributed by atoms with E-state index in [1.54, 1.807) is 0 Å². The number of rotatable bonds is 3. The summed E-state index contributed by atoms with van der Waals surface area (Å²) in [5.41, 5.74) is 0.878. The SMILES string of the molecule is CC(Nc1cn[nH]c(=O)c1Cl)c1cc2ccccc2o1. The van der Waals surface area contributed by atoms with Crippen molar-refractivity contribution in [3.05, 3.63) is 57.7 Å². The molecule has 3 aromatic rings. The molecule has 3 rings (SSSR count). The van der Waals surface area contributed by atoms with Crippen molar-refractivity contribution in [2.24, 2.45) is 0 Å². The number of para-hydroxylation sites is 1. The fourth-order valence-corrected chi connectivity index (χ4v) is 2.15. The van der Waals surface area contributed by atoms with Gasteiger partial charge in [-0.25, -0.2) is 5.10 Å². The second-order valence-corrected chi connectivity index (χ2v) is 4.86. The topological polar surface area (TPSA) is 70.9 Å². The molecule has 0 fully saturated rings. The molecule has 0 bridgehead atoms. The van der Waals surface area contributed by atoms with Crippen molar-refractivity contribution in [2.75, 3.05) is 5.32 Å². The van der Waals surface area contributed by atoms with Gasteiger partial charge in [0.1, 0.15) is 16.4 Å². The second-order valence-electron chi connectivity index (χ2n) is 4.48. The van der Waals surface area contributed by atoms with Crippen LogP contribution in [0.4, 0.5) is 5.69 Å². The van der Waals surface area contributed by atoms with Gasteiger partial charge in [0.25, 0.3) is 5.56 Å². The third-order valence-corrected chi connectivity index (χ3v) is 3.41. The molecule has 0 spiro atoms. The Morgan fingerprint density at radius 2 is 2.20 bits per heavy atom. The summed E-state index contributed by atoms with van der Waals surface area (Å²) in [6, 6.07) is 9.59. The Morgan fingerprint density at radius 1 is 1.40 bits per heavy atom. The van der Waals surface area contributed by atoms with E-state index in [-0.39, 0.29) is 11.1 Å². The smallest absolute Gasteiger partial charge is 0.285 e. The number of nitrogens with one attached hydrogen (secondary N) is 2. The number of nitrogens with zero attached hydrogens (tertiary/aromatic N) is 1. The van der Waals surface area contributed by atoms with E-state index in [1.165, 1.54) is 6.20 Å². The normalized spacial score (nSPS) is 12.5. The number of furan rings is 1. The summed E-state index contributed by atoms with van der Waals surface area (Å²) in [5.74, 6) is 0.766. The Kier molecular flexibility index (Phi) is 3.20. The maximum absolute atomic E-state index is 11.4. The van der Waals surface area contributed by atoms with Crippen LogP contribution in [0.1, 0.15) is 18.7 Å². The first kappa shape index (κ1) is 12.7. The number of H-pyrrole nitrogens is 1. The summed E-state index contributed by atoms with van der Waals surface area (Å²) in [6.07, 6.45) is 1.48. The van der Waals surface area contributed by atoms with E-state index in [4.69, 9.17) is 16.0 Å². The van der Waals surface area contributed by atoms with Gasteiger partial charge in [0.05, 0.1) is 17.9 Å². The van der Waals surface area contributed by atoms with Gasteiger partial charge >= 0.3 is 0 Å². The molecular formula is C14H12ClN3O2. The summed E-state index contributed by atoms with van der Waals surface area (Å²) < 4.78 is 5.76. The van der Waals surface area contributed by atoms with Crippen molar-refractivity contribution in [2.45, 2.75) is 13.0 Å². The van der Waals surface area contributed by atoms with Crippen LogP contribution >= 0.6 is 11.6 Å². The lowest BCUT2D eigenvalue weighted by molar-refractivity contribution is 0.526. The van der Waals surface area contributed by atoms with Crippen molar-refractivity contribution in [3.8, 4) is 0 Å². The molecule has 0 radical (unpaired) electrons. The largest absolute Gasteiger partial charge is 0.459 e. The predicted octanol–water partition coefficient (Wildman–Crippen LogP) is 3.34. The molecule has 1 unspecified atom stereocenters. The fourth-order valence-electron chi connectivity index (χ4n) is 2.00. The Hall–Kier alpha value is -2.27. The highest BCUT2D eigenvalue weighted by molar-refractivity contribution is 6.32. The van der Waals surface area contributed by atoms with E-state index in [1.807, 2.05) is 37.3 Å². The number of hydrogen-bond acceptors (Lipinski definition) is 4. The summed E-state index contributed by atoms with van der Waals surface area (Å²) in [7, 11) is 0. The number of halogens is 1. The van der Waals surface area contributed by atoms with Crippen LogP contribution in [0, 0.1) is 0 Å². The van der Waals surface area contributed by atoms with Gasteiger partial charge in [0.2, 0.25) is 0 Å². The first-order valence-corrected chi connectivity index (χ1v) is 6.51. The number of anilines is 1. The third-order valence-electron chi connectivity index (χ3n) is 3.04. The molecule has 1 atom stereocenters. The molecule has 20 heavy (non-hydrogen) atoms. The van der Waals surface area contributed by atoms with Crippen LogP contribution in [0.25, 0.3) is 11.0 Å². The standard InChI is InChI=1S/C14H12ClN3O2/c1-8(17-10-7-16-18-14(19)13(10)15)12-6-9-4-2-3-5-11(9)20-12/h2-8H,1H3,(H2,17,18,19). The molecular weight excluding hydrogens is 278 g/mol. The van der Waals surface area contributed by atoms with E-state index < -0.39 is 5.56 Å². The zero-order valence-corrected chi connectivity index (χ0v) is 11.4. The first-order chi connectivity index (χ1) is 9.65. The third kappa shape index (κ3) is 2.28. The average molecular weight is 290 g/mol. The first-order valence-electron chi connectivity index (χ1n) is 6.13. The minimum Gasteiger partial charge on any atom is -0.459 e. The lowest BCUT2D eigenvalue weighted by Gasteiger charge is -2.12. The van der Waals surface area contributed by atoms with E-state index in [0.717, 1.165) is 16.7 Å². The van der Waals surface area contributed by atoms with Gasteiger partial charge in [0, 0.05) is 5.39 Å². The molecule has 0 aliphatic carbocycles. The van der Waals surface area contributed by atoms with Crippen LogP contribution in [0.3, 0.4) is 0 Å². The van der Waals surface area contributed by atoms with Crippen LogP contribution < -0.4 is 10.9 Å². The van der Waals surface area contributed by atoms with Crippen molar-refractivity contribution in [3.63, 3.8) is 0 Å². The Labute approximate surface area is 119 Å². The van der Waals surface area contributed by atoms with Crippen molar-refractivity contribution < 1.29 is 4.42 Å². The molecule has 5 nitrogen and oxygen atoms in total. The molecule has 2 aromatic heterocycles. The van der Waals surface area contributed by atoms with Gasteiger partial charge in [-0.1, -0.05) is 29.8 Å². The summed E-state index contributed by atoms with van der Waals surface area (Å²) in [5, 5.41) is 10.2. The number of aromatic nitrogens is 2. The molecule has 2 N–H and O–H groups in total. The summed E-state index contributed by atoms with van der Waals surface area (Å²) >= 11 is 5.93. The van der Waals surface area contributed by atoms with Gasteiger partial charge in [-0.3, -0.25) is 4.79 Å². The highest BCUT2D eigenvalue weighted by atomic mass is 35.5. The van der Waals surface area contributed by atoms with E-state index in [2.05, 4.69) is 15.5 Å². The number of aromatic amines is 1. The van der Waals surface area contributed by atoms with Gasteiger partial charge < -0.3 is 9.73 Å². The van der Waals surface area contributed by atoms with Gasteiger partial charge in [0.15, 0.2) is 0 Å². The number of fused-ring (bicyclic) bond motifs is 1. The maximum Gasteiger partial charge on any atom is 0.285 e. The van der Waals surface area contributed by atoms with Crippen molar-refractivity contribution in [1.29, 1.82) is 0 Å². The van der Waals surface area contributed by atoms with Gasteiger partial charge in [-0.05, 0) is 19.1 Å². The summed E-state index contributed by atoms with van der Waals surface area (Å²) in [4.78, 5) is 11.4. The van der Waals surface area contributed by atoms with Crippen LogP contribution in [0.5, 0.6) is 0 Å². The maximum atomic E-state index is 11.4. The molecule has 1 aromatic carbocycles. The lowest BCUT2D eigenvalue weighted by Crippen LogP contribution is -2.13. The number of benzene rings is 1. The highest BCUT2D eigenvalue weighted by Crippen LogP contribution is 2.27. The Bertz CT molecular complexity index is 776. The molecule has 6 heteroatoms. The molecule has 0 saturated heterocycles. The molecule has 102 valence electrons. The lowest BCUT2D eigenvalue weighted by atomic mass is 10.2. The monoisotopic (exact) mass is 289 g/mol. The minimum atomic E-state index is -0.423. The van der Waals surface area contributed by atoms with E-state index in [0.29, 0.717) is 5.69 Å². The zero-order valence-electron chi connectivity index (χ0n) is 10.7. The highest BCUT2D eigenvalue weighted by Gasteiger charge is 2.14. The van der Waals surface area contributed by atoms with Crippen LogP contribution in [0.2, 0.25) is 5.02 Å². The van der Waals surface area contributed by atoms with Gasteiger partial charge in [-0.2, -0.15) is 5.10 Å². The second kappa shape index (κ2) is 5.02. The van der Waals surface area contributed by atoms with E-state index >= 15 is 0 Å². The van der Waals surface area contributed by atoms with E-state index in [9.17, 15) is 4.79 Å².